The Bertz CT molecular complexity index is 584. The smallest absolute Gasteiger partial charge is 0.138 e. The van der Waals surface area contributed by atoms with Gasteiger partial charge in [0.25, 0.3) is 0 Å². The van der Waals surface area contributed by atoms with Gasteiger partial charge in [-0.05, 0) is 38.1 Å². The fourth-order valence-corrected chi connectivity index (χ4v) is 1.95. The van der Waals surface area contributed by atoms with Crippen LogP contribution in [0, 0.1) is 0 Å². The molecule has 1 aromatic heterocycles. The summed E-state index contributed by atoms with van der Waals surface area (Å²) in [6.07, 6.45) is 6.01. The zero-order valence-corrected chi connectivity index (χ0v) is 9.40. The Morgan fingerprint density at radius 2 is 2.00 bits per heavy atom. The topological polar surface area (TPSA) is 22.1 Å². The zero-order chi connectivity index (χ0) is 11.2. The van der Waals surface area contributed by atoms with Gasteiger partial charge in [0, 0.05) is 17.1 Å². The molecule has 16 heavy (non-hydrogen) atoms. The molecular formula is C14H13NO. The third-order valence-corrected chi connectivity index (χ3v) is 2.78. The average Bonchev–Trinajstić information content (AvgIpc) is 2.28. The van der Waals surface area contributed by atoms with Crippen molar-refractivity contribution in [3.8, 4) is 5.75 Å². The average molecular weight is 211 g/mol. The van der Waals surface area contributed by atoms with E-state index in [9.17, 15) is 0 Å². The van der Waals surface area contributed by atoms with Crippen molar-refractivity contribution in [3.63, 3.8) is 0 Å². The highest BCUT2D eigenvalue weighted by molar-refractivity contribution is 5.89. The molecule has 0 saturated heterocycles. The number of rotatable bonds is 0. The van der Waals surface area contributed by atoms with Crippen LogP contribution in [-0.2, 0) is 0 Å². The van der Waals surface area contributed by atoms with E-state index in [1.165, 1.54) is 0 Å². The van der Waals surface area contributed by atoms with E-state index in [4.69, 9.17) is 4.74 Å². The Morgan fingerprint density at radius 3 is 2.88 bits per heavy atom. The number of nitrogens with zero attached hydrogens (tertiary/aromatic N) is 1. The lowest BCUT2D eigenvalue weighted by Gasteiger charge is -2.28. The van der Waals surface area contributed by atoms with Crippen molar-refractivity contribution in [3.05, 3.63) is 42.1 Å². The lowest BCUT2D eigenvalue weighted by molar-refractivity contribution is 0.161. The summed E-state index contributed by atoms with van der Waals surface area (Å²) in [6.45, 7) is 4.11. The molecule has 0 N–H and O–H groups in total. The predicted molar refractivity (Wildman–Crippen MR) is 65.5 cm³/mol. The Morgan fingerprint density at radius 1 is 1.19 bits per heavy atom. The summed E-state index contributed by atoms with van der Waals surface area (Å²) in [5, 5.41) is 1.08. The van der Waals surface area contributed by atoms with Crippen molar-refractivity contribution in [1.29, 1.82) is 0 Å². The Labute approximate surface area is 94.6 Å². The number of para-hydroxylation sites is 1. The summed E-state index contributed by atoms with van der Waals surface area (Å²) >= 11 is 0. The number of aromatic nitrogens is 1. The van der Waals surface area contributed by atoms with Gasteiger partial charge in [0.2, 0.25) is 0 Å². The van der Waals surface area contributed by atoms with Crippen LogP contribution in [0.3, 0.4) is 0 Å². The van der Waals surface area contributed by atoms with Gasteiger partial charge < -0.3 is 4.74 Å². The maximum Gasteiger partial charge on any atom is 0.138 e. The molecule has 80 valence electrons. The van der Waals surface area contributed by atoms with Gasteiger partial charge >= 0.3 is 0 Å². The first-order valence-electron chi connectivity index (χ1n) is 5.42. The van der Waals surface area contributed by atoms with Gasteiger partial charge in [0.05, 0.1) is 5.52 Å². The summed E-state index contributed by atoms with van der Waals surface area (Å²) in [6, 6.07) is 8.06. The van der Waals surface area contributed by atoms with Crippen molar-refractivity contribution in [2.75, 3.05) is 0 Å². The van der Waals surface area contributed by atoms with E-state index in [0.29, 0.717) is 0 Å². The highest BCUT2D eigenvalue weighted by Crippen LogP contribution is 2.35. The van der Waals surface area contributed by atoms with Crippen molar-refractivity contribution >= 4 is 17.0 Å². The van der Waals surface area contributed by atoms with Crippen molar-refractivity contribution in [1.82, 2.24) is 4.98 Å². The molecule has 2 heterocycles. The Hall–Kier alpha value is -1.83. The molecule has 3 rings (SSSR count). The number of hydrogen-bond acceptors (Lipinski definition) is 2. The van der Waals surface area contributed by atoms with E-state index in [0.717, 1.165) is 22.2 Å². The molecule has 0 unspecified atom stereocenters. The van der Waals surface area contributed by atoms with Gasteiger partial charge in [-0.2, -0.15) is 0 Å². The van der Waals surface area contributed by atoms with E-state index in [2.05, 4.69) is 37.0 Å². The molecule has 2 nitrogen and oxygen atoms in total. The Balaban J connectivity index is 2.31. The Kier molecular flexibility index (Phi) is 1.81. The van der Waals surface area contributed by atoms with E-state index in [1.54, 1.807) is 0 Å². The SMILES string of the molecule is CC1(C)C=Cc2cnc3ccccc3c2O1. The number of fused-ring (bicyclic) bond motifs is 3. The van der Waals surface area contributed by atoms with Crippen LogP contribution in [0.25, 0.3) is 17.0 Å². The first-order chi connectivity index (χ1) is 7.66. The lowest BCUT2D eigenvalue weighted by Crippen LogP contribution is -2.27. The van der Waals surface area contributed by atoms with Gasteiger partial charge in [0.15, 0.2) is 0 Å². The predicted octanol–water partition coefficient (Wildman–Crippen LogP) is 3.42. The maximum absolute atomic E-state index is 6.01. The van der Waals surface area contributed by atoms with Crippen molar-refractivity contribution in [2.45, 2.75) is 19.4 Å². The van der Waals surface area contributed by atoms with Crippen LogP contribution in [0.15, 0.2) is 36.5 Å². The summed E-state index contributed by atoms with van der Waals surface area (Å²) in [5.74, 6) is 0.943. The van der Waals surface area contributed by atoms with Crippen LogP contribution < -0.4 is 4.74 Å². The maximum atomic E-state index is 6.01. The highest BCUT2D eigenvalue weighted by atomic mass is 16.5. The van der Waals surface area contributed by atoms with Gasteiger partial charge in [0.1, 0.15) is 11.4 Å². The lowest BCUT2D eigenvalue weighted by atomic mass is 10.0. The third-order valence-electron chi connectivity index (χ3n) is 2.78. The minimum atomic E-state index is -0.239. The van der Waals surface area contributed by atoms with Crippen LogP contribution in [0.5, 0.6) is 5.75 Å². The molecular weight excluding hydrogens is 198 g/mol. The summed E-state index contributed by atoms with van der Waals surface area (Å²) in [4.78, 5) is 4.41. The standard InChI is InChI=1S/C14H13NO/c1-14(2)8-7-10-9-15-12-6-4-3-5-11(12)13(10)16-14/h3-9H,1-2H3. The van der Waals surface area contributed by atoms with Crippen LogP contribution in [-0.4, -0.2) is 10.6 Å². The second-order valence-corrected chi connectivity index (χ2v) is 4.60. The molecule has 1 aromatic carbocycles. The molecule has 0 saturated carbocycles. The quantitative estimate of drug-likeness (QED) is 0.666. The second-order valence-electron chi connectivity index (χ2n) is 4.60. The fraction of sp³-hybridized carbons (Fsp3) is 0.214. The van der Waals surface area contributed by atoms with E-state index >= 15 is 0 Å². The molecule has 0 fully saturated rings. The monoisotopic (exact) mass is 211 g/mol. The number of hydrogen-bond donors (Lipinski definition) is 0. The highest BCUT2D eigenvalue weighted by Gasteiger charge is 2.23. The first kappa shape index (κ1) is 9.40. The minimum absolute atomic E-state index is 0.239. The molecule has 0 bridgehead atoms. The van der Waals surface area contributed by atoms with E-state index in [-0.39, 0.29) is 5.60 Å². The molecule has 0 radical (unpaired) electrons. The molecule has 2 aromatic rings. The third kappa shape index (κ3) is 1.38. The molecule has 0 spiro atoms. The van der Waals surface area contributed by atoms with E-state index in [1.807, 2.05) is 24.4 Å². The zero-order valence-electron chi connectivity index (χ0n) is 9.40. The summed E-state index contributed by atoms with van der Waals surface area (Å²) in [5.41, 5.74) is 1.79. The van der Waals surface area contributed by atoms with Crippen molar-refractivity contribution in [2.24, 2.45) is 0 Å². The van der Waals surface area contributed by atoms with Gasteiger partial charge in [-0.3, -0.25) is 4.98 Å². The van der Waals surface area contributed by atoms with Gasteiger partial charge in [-0.1, -0.05) is 12.1 Å². The molecule has 1 aliphatic rings. The van der Waals surface area contributed by atoms with Crippen LogP contribution >= 0.6 is 0 Å². The molecule has 0 atom stereocenters. The molecule has 2 heteroatoms. The molecule has 0 aliphatic carbocycles. The van der Waals surface area contributed by atoms with Crippen molar-refractivity contribution < 1.29 is 4.74 Å². The summed E-state index contributed by atoms with van der Waals surface area (Å²) in [7, 11) is 0. The largest absolute Gasteiger partial charge is 0.482 e. The van der Waals surface area contributed by atoms with E-state index < -0.39 is 0 Å². The number of benzene rings is 1. The van der Waals surface area contributed by atoms with Crippen LogP contribution in [0.1, 0.15) is 19.4 Å². The minimum Gasteiger partial charge on any atom is -0.482 e. The second kappa shape index (κ2) is 3.08. The summed E-state index contributed by atoms with van der Waals surface area (Å²) < 4.78 is 6.01. The fourth-order valence-electron chi connectivity index (χ4n) is 1.95. The van der Waals surface area contributed by atoms with Crippen LogP contribution in [0.4, 0.5) is 0 Å². The number of pyridine rings is 1. The molecule has 0 amide bonds. The molecule has 1 aliphatic heterocycles. The number of ether oxygens (including phenoxy) is 1. The first-order valence-corrected chi connectivity index (χ1v) is 5.42. The van der Waals surface area contributed by atoms with Gasteiger partial charge in [-0.15, -0.1) is 0 Å². The van der Waals surface area contributed by atoms with Gasteiger partial charge in [-0.25, -0.2) is 0 Å². The van der Waals surface area contributed by atoms with Crippen LogP contribution in [0.2, 0.25) is 0 Å². The normalized spacial score (nSPS) is 16.9.